The van der Waals surface area contributed by atoms with Crippen molar-refractivity contribution in [1.82, 2.24) is 10.2 Å². The van der Waals surface area contributed by atoms with Gasteiger partial charge < -0.3 is 15.3 Å². The maximum atomic E-state index is 9.27. The number of piperidine rings is 1. The zero-order valence-corrected chi connectivity index (χ0v) is 12.7. The average Bonchev–Trinajstić information content (AvgIpc) is 2.27. The van der Waals surface area contributed by atoms with Crippen molar-refractivity contribution in [3.8, 4) is 0 Å². The number of hydrogen-bond donors (Lipinski definition) is 2. The molecule has 1 atom stereocenters. The van der Waals surface area contributed by atoms with Crippen LogP contribution in [0.2, 0.25) is 0 Å². The molecular formula is C15H32N2O. The summed E-state index contributed by atoms with van der Waals surface area (Å²) in [5, 5.41) is 12.8. The first kappa shape index (κ1) is 15.9. The molecule has 0 saturated carbocycles. The molecule has 1 saturated heterocycles. The second-order valence-electron chi connectivity index (χ2n) is 7.11. The average molecular weight is 256 g/mol. The van der Waals surface area contributed by atoms with Gasteiger partial charge in [0.05, 0.1) is 0 Å². The number of hydrogen-bond acceptors (Lipinski definition) is 3. The molecular weight excluding hydrogens is 224 g/mol. The van der Waals surface area contributed by atoms with E-state index in [0.717, 1.165) is 32.1 Å². The highest BCUT2D eigenvalue weighted by molar-refractivity contribution is 4.80. The van der Waals surface area contributed by atoms with Gasteiger partial charge in [0, 0.05) is 26.2 Å². The van der Waals surface area contributed by atoms with E-state index in [2.05, 4.69) is 37.9 Å². The summed E-state index contributed by atoms with van der Waals surface area (Å²) < 4.78 is 0. The maximum Gasteiger partial charge on any atom is 0.0471 e. The van der Waals surface area contributed by atoms with Gasteiger partial charge in [0.25, 0.3) is 0 Å². The first-order valence-corrected chi connectivity index (χ1v) is 7.47. The third-order valence-electron chi connectivity index (χ3n) is 3.67. The van der Waals surface area contributed by atoms with Crippen LogP contribution < -0.4 is 5.32 Å². The van der Waals surface area contributed by atoms with Gasteiger partial charge in [0.15, 0.2) is 0 Å². The molecule has 0 aromatic carbocycles. The van der Waals surface area contributed by atoms with E-state index in [9.17, 15) is 5.11 Å². The summed E-state index contributed by atoms with van der Waals surface area (Å²) in [6, 6.07) is 0. The summed E-state index contributed by atoms with van der Waals surface area (Å²) in [7, 11) is 0. The van der Waals surface area contributed by atoms with Crippen molar-refractivity contribution < 1.29 is 5.11 Å². The third-order valence-corrected chi connectivity index (χ3v) is 3.67. The second-order valence-corrected chi connectivity index (χ2v) is 7.11. The fourth-order valence-corrected chi connectivity index (χ4v) is 2.80. The lowest BCUT2D eigenvalue weighted by Crippen LogP contribution is -2.45. The SMILES string of the molecule is CC(C)CNCC(C)(C)CN1CCCC(CO)C1. The molecule has 1 aliphatic heterocycles. The van der Waals surface area contributed by atoms with Crippen LogP contribution in [-0.2, 0) is 0 Å². The quantitative estimate of drug-likeness (QED) is 0.731. The van der Waals surface area contributed by atoms with Crippen LogP contribution in [0.25, 0.3) is 0 Å². The van der Waals surface area contributed by atoms with Crippen LogP contribution in [0.5, 0.6) is 0 Å². The first-order valence-electron chi connectivity index (χ1n) is 7.47. The zero-order chi connectivity index (χ0) is 13.6. The van der Waals surface area contributed by atoms with Crippen LogP contribution >= 0.6 is 0 Å². The highest BCUT2D eigenvalue weighted by Crippen LogP contribution is 2.21. The summed E-state index contributed by atoms with van der Waals surface area (Å²) in [6.07, 6.45) is 2.43. The Labute approximate surface area is 113 Å². The minimum atomic E-state index is 0.312. The molecule has 18 heavy (non-hydrogen) atoms. The van der Waals surface area contributed by atoms with Crippen molar-refractivity contribution in [3.63, 3.8) is 0 Å². The van der Waals surface area contributed by atoms with Gasteiger partial charge in [-0.1, -0.05) is 27.7 Å². The van der Waals surface area contributed by atoms with Crippen molar-refractivity contribution in [1.29, 1.82) is 0 Å². The van der Waals surface area contributed by atoms with E-state index in [1.165, 1.54) is 19.4 Å². The number of nitrogens with one attached hydrogen (secondary N) is 1. The van der Waals surface area contributed by atoms with Crippen LogP contribution in [0.4, 0.5) is 0 Å². The summed E-state index contributed by atoms with van der Waals surface area (Å²) in [5.74, 6) is 1.22. The summed E-state index contributed by atoms with van der Waals surface area (Å²) in [4.78, 5) is 2.53. The molecule has 1 aliphatic rings. The lowest BCUT2D eigenvalue weighted by Gasteiger charge is -2.37. The normalized spacial score (nSPS) is 22.7. The van der Waals surface area contributed by atoms with E-state index in [1.54, 1.807) is 0 Å². The molecule has 3 heteroatoms. The molecule has 1 heterocycles. The summed E-state index contributed by atoms with van der Waals surface area (Å²) >= 11 is 0. The summed E-state index contributed by atoms with van der Waals surface area (Å²) in [5.41, 5.74) is 0.312. The third kappa shape index (κ3) is 6.17. The molecule has 2 N–H and O–H groups in total. The molecule has 0 aliphatic carbocycles. The van der Waals surface area contributed by atoms with Crippen LogP contribution in [0, 0.1) is 17.3 Å². The number of nitrogens with zero attached hydrogens (tertiary/aromatic N) is 1. The maximum absolute atomic E-state index is 9.27. The van der Waals surface area contributed by atoms with Gasteiger partial charge in [0.1, 0.15) is 0 Å². The van der Waals surface area contributed by atoms with Gasteiger partial charge in [-0.3, -0.25) is 0 Å². The van der Waals surface area contributed by atoms with Gasteiger partial charge in [0.2, 0.25) is 0 Å². The van der Waals surface area contributed by atoms with E-state index in [4.69, 9.17) is 0 Å². The van der Waals surface area contributed by atoms with Gasteiger partial charge in [-0.15, -0.1) is 0 Å². The topological polar surface area (TPSA) is 35.5 Å². The molecule has 0 amide bonds. The molecule has 0 aromatic rings. The minimum Gasteiger partial charge on any atom is -0.396 e. The lowest BCUT2D eigenvalue weighted by molar-refractivity contribution is 0.0887. The summed E-state index contributed by atoms with van der Waals surface area (Å²) in [6.45, 7) is 15.1. The fourth-order valence-electron chi connectivity index (χ4n) is 2.80. The van der Waals surface area contributed by atoms with E-state index in [-0.39, 0.29) is 0 Å². The number of aliphatic hydroxyl groups is 1. The van der Waals surface area contributed by atoms with Crippen molar-refractivity contribution in [2.45, 2.75) is 40.5 Å². The monoisotopic (exact) mass is 256 g/mol. The minimum absolute atomic E-state index is 0.312. The van der Waals surface area contributed by atoms with Crippen molar-refractivity contribution in [2.24, 2.45) is 17.3 Å². The molecule has 0 spiro atoms. The predicted octanol–water partition coefficient (Wildman–Crippen LogP) is 1.96. The van der Waals surface area contributed by atoms with Gasteiger partial charge in [-0.2, -0.15) is 0 Å². The van der Waals surface area contributed by atoms with Gasteiger partial charge in [-0.25, -0.2) is 0 Å². The highest BCUT2D eigenvalue weighted by Gasteiger charge is 2.25. The number of aliphatic hydroxyl groups excluding tert-OH is 1. The Morgan fingerprint density at radius 1 is 1.39 bits per heavy atom. The van der Waals surface area contributed by atoms with Gasteiger partial charge in [-0.05, 0) is 43.2 Å². The smallest absolute Gasteiger partial charge is 0.0471 e. The van der Waals surface area contributed by atoms with Gasteiger partial charge >= 0.3 is 0 Å². The first-order chi connectivity index (χ1) is 8.43. The second kappa shape index (κ2) is 7.46. The fraction of sp³-hybridized carbons (Fsp3) is 1.00. The predicted molar refractivity (Wildman–Crippen MR) is 77.7 cm³/mol. The lowest BCUT2D eigenvalue weighted by atomic mass is 9.90. The van der Waals surface area contributed by atoms with Crippen molar-refractivity contribution >= 4 is 0 Å². The molecule has 0 aromatic heterocycles. The molecule has 0 bridgehead atoms. The molecule has 1 fully saturated rings. The van der Waals surface area contributed by atoms with E-state index in [1.807, 2.05) is 0 Å². The molecule has 1 unspecified atom stereocenters. The highest BCUT2D eigenvalue weighted by atomic mass is 16.3. The van der Waals surface area contributed by atoms with Crippen LogP contribution in [0.3, 0.4) is 0 Å². The molecule has 108 valence electrons. The van der Waals surface area contributed by atoms with Crippen LogP contribution in [0.15, 0.2) is 0 Å². The largest absolute Gasteiger partial charge is 0.396 e. The Morgan fingerprint density at radius 2 is 2.11 bits per heavy atom. The van der Waals surface area contributed by atoms with E-state index in [0.29, 0.717) is 17.9 Å². The Kier molecular flexibility index (Phi) is 6.61. The Morgan fingerprint density at radius 3 is 2.72 bits per heavy atom. The van der Waals surface area contributed by atoms with Crippen LogP contribution in [0.1, 0.15) is 40.5 Å². The Bertz CT molecular complexity index is 229. The van der Waals surface area contributed by atoms with Crippen molar-refractivity contribution in [3.05, 3.63) is 0 Å². The van der Waals surface area contributed by atoms with Crippen molar-refractivity contribution in [2.75, 3.05) is 39.3 Å². The van der Waals surface area contributed by atoms with Crippen LogP contribution in [-0.4, -0.2) is 49.3 Å². The Balaban J connectivity index is 2.30. The van der Waals surface area contributed by atoms with E-state index < -0.39 is 0 Å². The number of likely N-dealkylation sites (tertiary alicyclic amines) is 1. The molecule has 0 radical (unpaired) electrons. The molecule has 3 nitrogen and oxygen atoms in total. The van der Waals surface area contributed by atoms with E-state index >= 15 is 0 Å². The standard InChI is InChI=1S/C15H32N2O/c1-13(2)8-16-11-15(3,4)12-17-7-5-6-14(9-17)10-18/h13-14,16,18H,5-12H2,1-4H3. The number of rotatable bonds is 7. The Hall–Kier alpha value is -0.120. The zero-order valence-electron chi connectivity index (χ0n) is 12.7. The molecule has 1 rings (SSSR count).